The zero-order valence-corrected chi connectivity index (χ0v) is 11.2. The van der Waals surface area contributed by atoms with Gasteiger partial charge in [0.2, 0.25) is 5.91 Å². The molecule has 0 spiro atoms. The third-order valence-electron chi connectivity index (χ3n) is 2.45. The summed E-state index contributed by atoms with van der Waals surface area (Å²) >= 11 is 1.62. The van der Waals surface area contributed by atoms with Crippen molar-refractivity contribution in [2.75, 3.05) is 33.4 Å². The van der Waals surface area contributed by atoms with Crippen LogP contribution >= 0.6 is 11.3 Å². The molecule has 0 fully saturated rings. The zero-order valence-electron chi connectivity index (χ0n) is 10.4. The maximum absolute atomic E-state index is 11.8. The number of thiophene rings is 1. The molecule has 4 nitrogen and oxygen atoms in total. The van der Waals surface area contributed by atoms with Crippen LogP contribution in [0.3, 0.4) is 0 Å². The highest BCUT2D eigenvalue weighted by Crippen LogP contribution is 2.20. The number of hydrogen-bond acceptors (Lipinski definition) is 4. The van der Waals surface area contributed by atoms with Gasteiger partial charge < -0.3 is 15.4 Å². The van der Waals surface area contributed by atoms with Crippen LogP contribution in [-0.2, 0) is 9.53 Å². The summed E-state index contributed by atoms with van der Waals surface area (Å²) in [5, 5.41) is 8.08. The number of carbonyl (C=O) groups is 1. The topological polar surface area (TPSA) is 50.4 Å². The summed E-state index contributed by atoms with van der Waals surface area (Å²) in [6.45, 7) is 4.86. The number of carbonyl (C=O) groups excluding carboxylic acids is 1. The molecule has 0 aliphatic carbocycles. The van der Waals surface area contributed by atoms with Gasteiger partial charge in [0.25, 0.3) is 0 Å². The Bertz CT molecular complexity index is 314. The first-order valence-corrected chi connectivity index (χ1v) is 6.64. The molecular formula is C12H20N2O2S. The minimum Gasteiger partial charge on any atom is -0.383 e. The number of amides is 1. The Balaban J connectivity index is 2.13. The van der Waals surface area contributed by atoms with Gasteiger partial charge in [0.05, 0.1) is 12.5 Å². The summed E-state index contributed by atoms with van der Waals surface area (Å²) in [4.78, 5) is 12.9. The van der Waals surface area contributed by atoms with Gasteiger partial charge in [-0.2, -0.15) is 0 Å². The van der Waals surface area contributed by atoms with Crippen LogP contribution in [0.2, 0.25) is 0 Å². The van der Waals surface area contributed by atoms with Crippen molar-refractivity contribution in [1.29, 1.82) is 0 Å². The first-order chi connectivity index (χ1) is 8.25. The predicted octanol–water partition coefficient (Wildman–Crippen LogP) is 1.20. The van der Waals surface area contributed by atoms with Crippen LogP contribution in [0, 0.1) is 0 Å². The Morgan fingerprint density at radius 3 is 2.94 bits per heavy atom. The molecule has 96 valence electrons. The Morgan fingerprint density at radius 2 is 2.29 bits per heavy atom. The van der Waals surface area contributed by atoms with Crippen molar-refractivity contribution < 1.29 is 9.53 Å². The molecule has 0 radical (unpaired) electrons. The molecule has 5 heteroatoms. The first kappa shape index (κ1) is 14.2. The third-order valence-corrected chi connectivity index (χ3v) is 3.50. The molecular weight excluding hydrogens is 236 g/mol. The predicted molar refractivity (Wildman–Crippen MR) is 70.5 cm³/mol. The van der Waals surface area contributed by atoms with Gasteiger partial charge in [-0.1, -0.05) is 6.07 Å². The van der Waals surface area contributed by atoms with Crippen LogP contribution in [0.5, 0.6) is 0 Å². The summed E-state index contributed by atoms with van der Waals surface area (Å²) in [5.74, 6) is 0.0231. The smallest absolute Gasteiger partial charge is 0.228 e. The van der Waals surface area contributed by atoms with Crippen molar-refractivity contribution in [3.63, 3.8) is 0 Å². The molecule has 0 saturated carbocycles. The Kier molecular flexibility index (Phi) is 6.84. The maximum atomic E-state index is 11.8. The number of ether oxygens (including phenoxy) is 1. The van der Waals surface area contributed by atoms with E-state index in [1.54, 1.807) is 18.4 Å². The average Bonchev–Trinajstić information content (AvgIpc) is 2.86. The van der Waals surface area contributed by atoms with Crippen LogP contribution in [0.4, 0.5) is 0 Å². The summed E-state index contributed by atoms with van der Waals surface area (Å²) in [5.41, 5.74) is 0. The summed E-state index contributed by atoms with van der Waals surface area (Å²) in [6.07, 6.45) is 0. The van der Waals surface area contributed by atoms with Gasteiger partial charge in [0, 0.05) is 31.6 Å². The number of rotatable bonds is 8. The van der Waals surface area contributed by atoms with E-state index < -0.39 is 0 Å². The standard InChI is InChI=1S/C12H20N2O2S/c1-10(11-4-3-9-17-11)12(15)14-6-5-13-7-8-16-2/h3-4,9-10,13H,5-8H2,1-2H3,(H,14,15). The second kappa shape index (κ2) is 8.22. The second-order valence-electron chi connectivity index (χ2n) is 3.77. The van der Waals surface area contributed by atoms with Gasteiger partial charge in [-0.3, -0.25) is 4.79 Å². The molecule has 0 aliphatic heterocycles. The summed E-state index contributed by atoms with van der Waals surface area (Å²) in [7, 11) is 1.67. The Labute approximate surface area is 106 Å². The molecule has 2 N–H and O–H groups in total. The van der Waals surface area contributed by atoms with Gasteiger partial charge in [0.1, 0.15) is 0 Å². The van der Waals surface area contributed by atoms with E-state index in [2.05, 4.69) is 10.6 Å². The molecule has 1 unspecified atom stereocenters. The van der Waals surface area contributed by atoms with E-state index in [4.69, 9.17) is 4.74 Å². The van der Waals surface area contributed by atoms with E-state index in [-0.39, 0.29) is 11.8 Å². The van der Waals surface area contributed by atoms with E-state index in [1.807, 2.05) is 24.4 Å². The van der Waals surface area contributed by atoms with Gasteiger partial charge in [0.15, 0.2) is 0 Å². The number of methoxy groups -OCH3 is 1. The minimum absolute atomic E-state index is 0.0611. The van der Waals surface area contributed by atoms with Crippen LogP contribution in [0.1, 0.15) is 17.7 Å². The largest absolute Gasteiger partial charge is 0.383 e. The Hall–Kier alpha value is -0.910. The van der Waals surface area contributed by atoms with Crippen molar-refractivity contribution in [2.24, 2.45) is 0 Å². The molecule has 0 aromatic carbocycles. The van der Waals surface area contributed by atoms with Crippen LogP contribution in [-0.4, -0.2) is 39.3 Å². The molecule has 0 bridgehead atoms. The minimum atomic E-state index is -0.0611. The fourth-order valence-electron chi connectivity index (χ4n) is 1.39. The highest BCUT2D eigenvalue weighted by molar-refractivity contribution is 7.10. The van der Waals surface area contributed by atoms with Gasteiger partial charge in [-0.25, -0.2) is 0 Å². The normalized spacial score (nSPS) is 12.4. The van der Waals surface area contributed by atoms with Crippen LogP contribution in [0.25, 0.3) is 0 Å². The lowest BCUT2D eigenvalue weighted by Gasteiger charge is -2.11. The lowest BCUT2D eigenvalue weighted by atomic mass is 10.1. The highest BCUT2D eigenvalue weighted by Gasteiger charge is 2.14. The zero-order chi connectivity index (χ0) is 12.5. The summed E-state index contributed by atoms with van der Waals surface area (Å²) < 4.78 is 4.91. The molecule has 1 heterocycles. The van der Waals surface area contributed by atoms with Crippen molar-refractivity contribution in [3.05, 3.63) is 22.4 Å². The van der Waals surface area contributed by atoms with E-state index in [0.717, 1.165) is 18.0 Å². The molecule has 0 aliphatic rings. The second-order valence-corrected chi connectivity index (χ2v) is 4.75. The lowest BCUT2D eigenvalue weighted by molar-refractivity contribution is -0.122. The molecule has 1 atom stereocenters. The van der Waals surface area contributed by atoms with Crippen molar-refractivity contribution >= 4 is 17.2 Å². The first-order valence-electron chi connectivity index (χ1n) is 5.76. The lowest BCUT2D eigenvalue weighted by Crippen LogP contribution is -2.35. The van der Waals surface area contributed by atoms with E-state index in [9.17, 15) is 4.79 Å². The monoisotopic (exact) mass is 256 g/mol. The fraction of sp³-hybridized carbons (Fsp3) is 0.583. The molecule has 17 heavy (non-hydrogen) atoms. The quantitative estimate of drug-likeness (QED) is 0.687. The van der Waals surface area contributed by atoms with E-state index >= 15 is 0 Å². The van der Waals surface area contributed by atoms with Crippen molar-refractivity contribution in [1.82, 2.24) is 10.6 Å². The van der Waals surface area contributed by atoms with Gasteiger partial charge in [-0.15, -0.1) is 11.3 Å². The molecule has 1 rings (SSSR count). The van der Waals surface area contributed by atoms with Crippen molar-refractivity contribution in [3.8, 4) is 0 Å². The third kappa shape index (κ3) is 5.30. The average molecular weight is 256 g/mol. The fourth-order valence-corrected chi connectivity index (χ4v) is 2.18. The number of nitrogens with one attached hydrogen (secondary N) is 2. The van der Waals surface area contributed by atoms with E-state index in [0.29, 0.717) is 13.2 Å². The molecule has 1 aromatic heterocycles. The van der Waals surface area contributed by atoms with Gasteiger partial charge >= 0.3 is 0 Å². The van der Waals surface area contributed by atoms with Gasteiger partial charge in [-0.05, 0) is 18.4 Å². The Morgan fingerprint density at radius 1 is 1.47 bits per heavy atom. The van der Waals surface area contributed by atoms with Crippen molar-refractivity contribution in [2.45, 2.75) is 12.8 Å². The molecule has 1 amide bonds. The molecule has 0 saturated heterocycles. The van der Waals surface area contributed by atoms with Crippen LogP contribution < -0.4 is 10.6 Å². The molecule has 1 aromatic rings. The SMILES string of the molecule is COCCNCCNC(=O)C(C)c1cccs1. The maximum Gasteiger partial charge on any atom is 0.228 e. The summed E-state index contributed by atoms with van der Waals surface area (Å²) in [6, 6.07) is 3.96. The van der Waals surface area contributed by atoms with Crippen LogP contribution in [0.15, 0.2) is 17.5 Å². The number of hydrogen-bond donors (Lipinski definition) is 2. The van der Waals surface area contributed by atoms with E-state index in [1.165, 1.54) is 0 Å². The highest BCUT2D eigenvalue weighted by atomic mass is 32.1.